The van der Waals surface area contributed by atoms with Crippen LogP contribution in [0.25, 0.3) is 0 Å². The maximum absolute atomic E-state index is 11.1. The van der Waals surface area contributed by atoms with E-state index in [1.54, 1.807) is 13.1 Å². The van der Waals surface area contributed by atoms with Crippen LogP contribution in [0.4, 0.5) is 5.69 Å². The largest absolute Gasteiger partial charge is 0.480 e. The quantitative estimate of drug-likeness (QED) is 0.639. The number of aliphatic carboxylic acids is 1. The van der Waals surface area contributed by atoms with Crippen molar-refractivity contribution < 1.29 is 9.90 Å². The van der Waals surface area contributed by atoms with Gasteiger partial charge in [0.25, 0.3) is 0 Å². The van der Waals surface area contributed by atoms with Gasteiger partial charge in [0.15, 0.2) is 0 Å². The molecule has 0 aliphatic heterocycles. The Morgan fingerprint density at radius 2 is 2.40 bits per heavy atom. The number of rotatable bonds is 3. The topological polar surface area (TPSA) is 75.3 Å². The molecule has 2 rings (SSSR count). The van der Waals surface area contributed by atoms with Crippen LogP contribution in [0.5, 0.6) is 0 Å². The number of nitrogens with two attached hydrogens (primary N) is 1. The maximum atomic E-state index is 11.1. The average Bonchev–Trinajstić information content (AvgIpc) is 2.93. The lowest BCUT2D eigenvalue weighted by molar-refractivity contribution is -0.140. The van der Waals surface area contributed by atoms with Gasteiger partial charge in [-0.1, -0.05) is 12.1 Å². The molecule has 2 unspecified atom stereocenters. The third-order valence-electron chi connectivity index (χ3n) is 3.10. The van der Waals surface area contributed by atoms with Gasteiger partial charge in [-0.25, -0.2) is 0 Å². The number of benzene rings is 1. The summed E-state index contributed by atoms with van der Waals surface area (Å²) in [6, 6.07) is 7.41. The lowest BCUT2D eigenvalue weighted by Crippen LogP contribution is -2.38. The average molecular weight is 206 g/mol. The monoisotopic (exact) mass is 206 g/mol. The molecular formula is C11H14N2O2. The van der Waals surface area contributed by atoms with Crippen LogP contribution in [-0.2, 0) is 4.79 Å². The minimum atomic E-state index is -0.794. The zero-order valence-electron chi connectivity index (χ0n) is 8.53. The molecule has 0 heterocycles. The Hall–Kier alpha value is -1.55. The highest BCUT2D eigenvalue weighted by atomic mass is 16.4. The number of hydrogen-bond acceptors (Lipinski definition) is 3. The molecule has 1 aromatic carbocycles. The van der Waals surface area contributed by atoms with Crippen molar-refractivity contribution in [3.05, 3.63) is 29.8 Å². The van der Waals surface area contributed by atoms with Crippen molar-refractivity contribution in [3.8, 4) is 0 Å². The molecule has 0 radical (unpaired) electrons. The van der Waals surface area contributed by atoms with Crippen molar-refractivity contribution in [1.82, 2.24) is 5.32 Å². The molecule has 4 N–H and O–H groups in total. The zero-order chi connectivity index (χ0) is 11.1. The molecule has 1 saturated carbocycles. The van der Waals surface area contributed by atoms with Crippen LogP contribution in [0.2, 0.25) is 0 Å². The first-order chi connectivity index (χ1) is 7.10. The van der Waals surface area contributed by atoms with Gasteiger partial charge in [-0.3, -0.25) is 4.79 Å². The normalized spacial score (nSPS) is 28.7. The van der Waals surface area contributed by atoms with Crippen LogP contribution < -0.4 is 11.1 Å². The summed E-state index contributed by atoms with van der Waals surface area (Å²) in [6.45, 7) is 0. The summed E-state index contributed by atoms with van der Waals surface area (Å²) in [7, 11) is 1.68. The third-order valence-corrected chi connectivity index (χ3v) is 3.10. The van der Waals surface area contributed by atoms with Gasteiger partial charge in [0.05, 0.1) is 0 Å². The molecule has 1 aliphatic rings. The number of hydrogen-bond donors (Lipinski definition) is 3. The minimum absolute atomic E-state index is 0.0310. The van der Waals surface area contributed by atoms with E-state index in [1.807, 2.05) is 18.2 Å². The van der Waals surface area contributed by atoms with E-state index in [0.717, 1.165) is 5.56 Å². The highest BCUT2D eigenvalue weighted by molar-refractivity contribution is 5.85. The van der Waals surface area contributed by atoms with E-state index in [4.69, 9.17) is 10.8 Å². The van der Waals surface area contributed by atoms with Crippen LogP contribution in [0.15, 0.2) is 24.3 Å². The predicted octanol–water partition coefficient (Wildman–Crippen LogP) is 0.799. The van der Waals surface area contributed by atoms with Gasteiger partial charge in [-0.2, -0.15) is 0 Å². The Morgan fingerprint density at radius 1 is 1.67 bits per heavy atom. The van der Waals surface area contributed by atoms with Crippen molar-refractivity contribution >= 4 is 11.7 Å². The predicted molar refractivity (Wildman–Crippen MR) is 57.6 cm³/mol. The van der Waals surface area contributed by atoms with Crippen molar-refractivity contribution in [1.29, 1.82) is 0 Å². The number of nitrogen functional groups attached to an aromatic ring is 1. The second-order valence-electron chi connectivity index (χ2n) is 3.95. The van der Waals surface area contributed by atoms with Gasteiger partial charge < -0.3 is 16.2 Å². The first kappa shape index (κ1) is 9.98. The summed E-state index contributed by atoms with van der Waals surface area (Å²) in [6.07, 6.45) is 0.627. The molecule has 0 amide bonds. The molecule has 2 atom stereocenters. The molecule has 80 valence electrons. The number of carboxylic acids is 1. The summed E-state index contributed by atoms with van der Waals surface area (Å²) in [5, 5.41) is 12.0. The fraction of sp³-hybridized carbons (Fsp3) is 0.364. The van der Waals surface area contributed by atoms with E-state index in [2.05, 4.69) is 5.32 Å². The van der Waals surface area contributed by atoms with E-state index in [0.29, 0.717) is 12.1 Å². The first-order valence-corrected chi connectivity index (χ1v) is 4.88. The Kier molecular flexibility index (Phi) is 2.16. The van der Waals surface area contributed by atoms with Gasteiger partial charge in [0.1, 0.15) is 5.54 Å². The van der Waals surface area contributed by atoms with Gasteiger partial charge in [0.2, 0.25) is 0 Å². The number of anilines is 1. The van der Waals surface area contributed by atoms with Crippen LogP contribution in [-0.4, -0.2) is 23.7 Å². The Morgan fingerprint density at radius 3 is 2.87 bits per heavy atom. The number of carboxylic acid groups (broad SMARTS) is 1. The number of nitrogens with one attached hydrogen (secondary N) is 1. The molecule has 0 bridgehead atoms. The van der Waals surface area contributed by atoms with Crippen LogP contribution in [0.1, 0.15) is 17.9 Å². The van der Waals surface area contributed by atoms with Crippen molar-refractivity contribution in [2.24, 2.45) is 0 Å². The van der Waals surface area contributed by atoms with Crippen molar-refractivity contribution in [2.45, 2.75) is 17.9 Å². The van der Waals surface area contributed by atoms with Gasteiger partial charge >= 0.3 is 5.97 Å². The summed E-state index contributed by atoms with van der Waals surface area (Å²) < 4.78 is 0. The minimum Gasteiger partial charge on any atom is -0.480 e. The smallest absolute Gasteiger partial charge is 0.324 e. The molecule has 1 aliphatic carbocycles. The summed E-state index contributed by atoms with van der Waals surface area (Å²) in [5.41, 5.74) is 6.55. The van der Waals surface area contributed by atoms with E-state index in [9.17, 15) is 4.79 Å². The van der Waals surface area contributed by atoms with Crippen molar-refractivity contribution in [3.63, 3.8) is 0 Å². The fourth-order valence-electron chi connectivity index (χ4n) is 2.06. The van der Waals surface area contributed by atoms with E-state index < -0.39 is 11.5 Å². The first-order valence-electron chi connectivity index (χ1n) is 4.88. The molecule has 1 fully saturated rings. The second-order valence-corrected chi connectivity index (χ2v) is 3.95. The van der Waals surface area contributed by atoms with Crippen LogP contribution in [0.3, 0.4) is 0 Å². The Balaban J connectivity index is 2.26. The lowest BCUT2D eigenvalue weighted by atomic mass is 10.1. The number of carbonyl (C=O) groups is 1. The van der Waals surface area contributed by atoms with Crippen LogP contribution >= 0.6 is 0 Å². The van der Waals surface area contributed by atoms with E-state index in [-0.39, 0.29) is 5.92 Å². The molecule has 0 saturated heterocycles. The molecule has 0 aromatic heterocycles. The second kappa shape index (κ2) is 3.24. The molecular weight excluding hydrogens is 192 g/mol. The SMILES string of the molecule is CNC1(C(=O)O)CC1c1cccc(N)c1. The fourth-order valence-corrected chi connectivity index (χ4v) is 2.06. The third kappa shape index (κ3) is 1.47. The molecule has 4 nitrogen and oxygen atoms in total. The van der Waals surface area contributed by atoms with E-state index >= 15 is 0 Å². The van der Waals surface area contributed by atoms with Crippen LogP contribution in [0, 0.1) is 0 Å². The van der Waals surface area contributed by atoms with Gasteiger partial charge in [-0.15, -0.1) is 0 Å². The standard InChI is InChI=1S/C11H14N2O2/c1-13-11(10(14)15)6-9(11)7-3-2-4-8(12)5-7/h2-5,9,13H,6,12H2,1H3,(H,14,15). The maximum Gasteiger partial charge on any atom is 0.324 e. The van der Waals surface area contributed by atoms with Crippen molar-refractivity contribution in [2.75, 3.05) is 12.8 Å². The molecule has 4 heteroatoms. The summed E-state index contributed by atoms with van der Waals surface area (Å²) in [5.74, 6) is -0.763. The molecule has 0 spiro atoms. The lowest BCUT2D eigenvalue weighted by Gasteiger charge is -2.11. The number of likely N-dealkylation sites (N-methyl/N-ethyl adjacent to an activating group) is 1. The molecule has 15 heavy (non-hydrogen) atoms. The summed E-state index contributed by atoms with van der Waals surface area (Å²) >= 11 is 0. The highest BCUT2D eigenvalue weighted by Gasteiger charge is 2.60. The Labute approximate surface area is 88.1 Å². The van der Waals surface area contributed by atoms with Gasteiger partial charge in [0, 0.05) is 11.6 Å². The van der Waals surface area contributed by atoms with E-state index in [1.165, 1.54) is 0 Å². The molecule has 1 aromatic rings. The Bertz CT molecular complexity index is 405. The van der Waals surface area contributed by atoms with Gasteiger partial charge in [-0.05, 0) is 31.2 Å². The summed E-state index contributed by atoms with van der Waals surface area (Å²) in [4.78, 5) is 11.1. The highest BCUT2D eigenvalue weighted by Crippen LogP contribution is 2.51. The zero-order valence-corrected chi connectivity index (χ0v) is 8.53.